The summed E-state index contributed by atoms with van der Waals surface area (Å²) in [6.07, 6.45) is 0.843. The average molecular weight is 270 g/mol. The van der Waals surface area contributed by atoms with Crippen LogP contribution < -0.4 is 11.5 Å². The monoisotopic (exact) mass is 270 g/mol. The fourth-order valence-corrected chi connectivity index (χ4v) is 2.14. The summed E-state index contributed by atoms with van der Waals surface area (Å²) in [4.78, 5) is 27.0. The number of primary amides is 1. The molecule has 1 rings (SSSR count). The Kier molecular flexibility index (Phi) is 5.31. The predicted octanol–water partition coefficient (Wildman–Crippen LogP) is -0.621. The molecule has 0 aromatic heterocycles. The lowest BCUT2D eigenvalue weighted by Crippen LogP contribution is -2.51. The van der Waals surface area contributed by atoms with Crippen LogP contribution in [0, 0.1) is 5.41 Å². The van der Waals surface area contributed by atoms with Gasteiger partial charge < -0.3 is 16.4 Å². The lowest BCUT2D eigenvalue weighted by Gasteiger charge is -2.31. The summed E-state index contributed by atoms with van der Waals surface area (Å²) in [7, 11) is 0. The molecule has 0 bridgehead atoms. The quantitative estimate of drug-likeness (QED) is 0.715. The summed E-state index contributed by atoms with van der Waals surface area (Å²) >= 11 is 0. The molecule has 0 aliphatic carbocycles. The summed E-state index contributed by atoms with van der Waals surface area (Å²) in [5.74, 6) is -0.334. The molecule has 2 amide bonds. The van der Waals surface area contributed by atoms with E-state index >= 15 is 0 Å². The molecule has 4 N–H and O–H groups in total. The van der Waals surface area contributed by atoms with E-state index in [-0.39, 0.29) is 23.8 Å². The van der Waals surface area contributed by atoms with Crippen LogP contribution in [0.2, 0.25) is 0 Å². The van der Waals surface area contributed by atoms with Crippen molar-refractivity contribution in [3.8, 4) is 0 Å². The number of nitrogens with zero attached hydrogens (tertiary/aromatic N) is 2. The molecule has 110 valence electrons. The highest BCUT2D eigenvalue weighted by molar-refractivity contribution is 5.82. The van der Waals surface area contributed by atoms with Gasteiger partial charge in [-0.25, -0.2) is 0 Å². The van der Waals surface area contributed by atoms with Crippen LogP contribution in [0.5, 0.6) is 0 Å². The van der Waals surface area contributed by atoms with E-state index in [0.29, 0.717) is 19.6 Å². The number of carbonyl (C=O) groups is 2. The Morgan fingerprint density at radius 2 is 1.79 bits per heavy atom. The van der Waals surface area contributed by atoms with Crippen LogP contribution in [0.4, 0.5) is 0 Å². The minimum Gasteiger partial charge on any atom is -0.369 e. The number of nitrogens with two attached hydrogens (primary N) is 2. The van der Waals surface area contributed by atoms with Gasteiger partial charge in [0.05, 0.1) is 12.6 Å². The molecule has 0 unspecified atom stereocenters. The highest BCUT2D eigenvalue weighted by Crippen LogP contribution is 2.19. The zero-order chi connectivity index (χ0) is 14.6. The molecule has 1 aliphatic rings. The summed E-state index contributed by atoms with van der Waals surface area (Å²) in [6, 6.07) is -0.491. The number of hydrogen-bond acceptors (Lipinski definition) is 4. The first kappa shape index (κ1) is 15.9. The third-order valence-corrected chi connectivity index (χ3v) is 3.48. The van der Waals surface area contributed by atoms with Crippen molar-refractivity contribution in [3.63, 3.8) is 0 Å². The second-order valence-corrected chi connectivity index (χ2v) is 6.26. The highest BCUT2D eigenvalue weighted by atomic mass is 16.2. The number of rotatable bonds is 3. The fourth-order valence-electron chi connectivity index (χ4n) is 2.14. The van der Waals surface area contributed by atoms with Gasteiger partial charge in [-0.15, -0.1) is 0 Å². The van der Waals surface area contributed by atoms with Crippen LogP contribution in [0.1, 0.15) is 27.2 Å². The maximum atomic E-state index is 12.3. The van der Waals surface area contributed by atoms with E-state index in [1.54, 1.807) is 4.90 Å². The second-order valence-electron chi connectivity index (χ2n) is 6.26. The topological polar surface area (TPSA) is 92.7 Å². The first-order chi connectivity index (χ1) is 8.71. The highest BCUT2D eigenvalue weighted by Gasteiger charge is 2.31. The van der Waals surface area contributed by atoms with E-state index in [1.165, 1.54) is 0 Å². The largest absolute Gasteiger partial charge is 0.369 e. The molecule has 6 heteroatoms. The lowest BCUT2D eigenvalue weighted by atomic mass is 9.86. The van der Waals surface area contributed by atoms with Crippen molar-refractivity contribution in [2.75, 3.05) is 32.7 Å². The van der Waals surface area contributed by atoms with Crippen molar-refractivity contribution in [2.24, 2.45) is 16.9 Å². The summed E-state index contributed by atoms with van der Waals surface area (Å²) < 4.78 is 0. The molecule has 0 aromatic carbocycles. The summed E-state index contributed by atoms with van der Waals surface area (Å²) in [5, 5.41) is 0. The Morgan fingerprint density at radius 1 is 1.16 bits per heavy atom. The summed E-state index contributed by atoms with van der Waals surface area (Å²) in [6.45, 7) is 8.91. The Bertz CT molecular complexity index is 338. The van der Waals surface area contributed by atoms with Gasteiger partial charge in [0.2, 0.25) is 11.8 Å². The molecule has 1 atom stereocenters. The van der Waals surface area contributed by atoms with Gasteiger partial charge in [-0.05, 0) is 11.8 Å². The van der Waals surface area contributed by atoms with Crippen molar-refractivity contribution in [3.05, 3.63) is 0 Å². The summed E-state index contributed by atoms with van der Waals surface area (Å²) in [5.41, 5.74) is 11.0. The molecule has 19 heavy (non-hydrogen) atoms. The van der Waals surface area contributed by atoms with Gasteiger partial charge >= 0.3 is 0 Å². The molecular formula is C13H26N4O2. The Morgan fingerprint density at radius 3 is 2.32 bits per heavy atom. The minimum atomic E-state index is -0.491. The van der Waals surface area contributed by atoms with Crippen LogP contribution in [-0.4, -0.2) is 60.4 Å². The molecule has 0 radical (unpaired) electrons. The third kappa shape index (κ3) is 4.80. The van der Waals surface area contributed by atoms with Crippen LogP contribution in [0.3, 0.4) is 0 Å². The lowest BCUT2D eigenvalue weighted by molar-refractivity contribution is -0.134. The molecule has 0 spiro atoms. The number of hydrogen-bond donors (Lipinski definition) is 2. The smallest absolute Gasteiger partial charge is 0.240 e. The van der Waals surface area contributed by atoms with Crippen LogP contribution in [0.15, 0.2) is 0 Å². The van der Waals surface area contributed by atoms with Crippen LogP contribution in [0.25, 0.3) is 0 Å². The van der Waals surface area contributed by atoms with Gasteiger partial charge in [-0.3, -0.25) is 14.5 Å². The standard InChI is InChI=1S/C13H26N4O2/c1-13(2,3)11(15)12(19)17-6-4-5-16(7-8-17)9-10(14)18/h11H,4-9,15H2,1-3H3,(H2,14,18)/t11-/m0/s1. The zero-order valence-corrected chi connectivity index (χ0v) is 12.2. The van der Waals surface area contributed by atoms with Gasteiger partial charge in [0.1, 0.15) is 0 Å². The maximum Gasteiger partial charge on any atom is 0.240 e. The van der Waals surface area contributed by atoms with E-state index in [4.69, 9.17) is 11.5 Å². The molecule has 0 saturated carbocycles. The predicted molar refractivity (Wildman–Crippen MR) is 74.3 cm³/mol. The molecule has 1 heterocycles. The van der Waals surface area contributed by atoms with Gasteiger partial charge in [0.25, 0.3) is 0 Å². The van der Waals surface area contributed by atoms with Crippen molar-refractivity contribution >= 4 is 11.8 Å². The fraction of sp³-hybridized carbons (Fsp3) is 0.846. The van der Waals surface area contributed by atoms with Crippen molar-refractivity contribution in [2.45, 2.75) is 33.2 Å². The normalized spacial score (nSPS) is 19.9. The Labute approximate surface area is 115 Å². The Hall–Kier alpha value is -1.14. The maximum absolute atomic E-state index is 12.3. The van der Waals surface area contributed by atoms with Crippen molar-refractivity contribution in [1.29, 1.82) is 0 Å². The van der Waals surface area contributed by atoms with Crippen molar-refractivity contribution < 1.29 is 9.59 Å². The average Bonchev–Trinajstić information content (AvgIpc) is 2.50. The second kappa shape index (κ2) is 6.34. The third-order valence-electron chi connectivity index (χ3n) is 3.48. The molecular weight excluding hydrogens is 244 g/mol. The van der Waals surface area contributed by atoms with Gasteiger partial charge in [0, 0.05) is 26.2 Å². The molecule has 0 aromatic rings. The van der Waals surface area contributed by atoms with Crippen LogP contribution in [-0.2, 0) is 9.59 Å². The Balaban J connectivity index is 2.57. The first-order valence-corrected chi connectivity index (χ1v) is 6.77. The molecule has 1 aliphatic heterocycles. The van der Waals surface area contributed by atoms with Crippen molar-refractivity contribution in [1.82, 2.24) is 9.80 Å². The minimum absolute atomic E-state index is 0.00609. The van der Waals surface area contributed by atoms with Gasteiger partial charge in [0.15, 0.2) is 0 Å². The van der Waals surface area contributed by atoms with E-state index in [9.17, 15) is 9.59 Å². The molecule has 1 saturated heterocycles. The van der Waals surface area contributed by atoms with E-state index in [0.717, 1.165) is 13.0 Å². The number of carbonyl (C=O) groups excluding carboxylic acids is 2. The van der Waals surface area contributed by atoms with E-state index < -0.39 is 6.04 Å². The molecule has 6 nitrogen and oxygen atoms in total. The van der Waals surface area contributed by atoms with Crippen LogP contribution >= 0.6 is 0 Å². The zero-order valence-electron chi connectivity index (χ0n) is 12.2. The molecule has 1 fully saturated rings. The van der Waals surface area contributed by atoms with E-state index in [2.05, 4.69) is 0 Å². The SMILES string of the molecule is CC(C)(C)[C@@H](N)C(=O)N1CCCN(CC(N)=O)CC1. The van der Waals surface area contributed by atoms with E-state index in [1.807, 2.05) is 25.7 Å². The van der Waals surface area contributed by atoms with Gasteiger partial charge in [-0.1, -0.05) is 20.8 Å². The first-order valence-electron chi connectivity index (χ1n) is 6.77. The number of amides is 2. The van der Waals surface area contributed by atoms with Gasteiger partial charge in [-0.2, -0.15) is 0 Å².